The minimum absolute atomic E-state index is 0.0290. The Bertz CT molecular complexity index is 1620. The molecule has 0 aliphatic carbocycles. The van der Waals surface area contributed by atoms with Gasteiger partial charge in [0, 0.05) is 69.9 Å². The van der Waals surface area contributed by atoms with Gasteiger partial charge in [-0.25, -0.2) is 22.9 Å². The molecule has 11 heteroatoms. The van der Waals surface area contributed by atoms with Crippen molar-refractivity contribution in [3.63, 3.8) is 0 Å². The predicted octanol–water partition coefficient (Wildman–Crippen LogP) is 5.00. The molecule has 5 rings (SSSR count). The van der Waals surface area contributed by atoms with E-state index in [1.54, 1.807) is 19.2 Å². The number of ether oxygens (including phenoxy) is 3. The van der Waals surface area contributed by atoms with Crippen molar-refractivity contribution in [2.45, 2.75) is 29.8 Å². The zero-order chi connectivity index (χ0) is 30.5. The molecule has 43 heavy (non-hydrogen) atoms. The van der Waals surface area contributed by atoms with E-state index in [0.29, 0.717) is 80.8 Å². The second-order valence-electron chi connectivity index (χ2n) is 10.6. The van der Waals surface area contributed by atoms with Gasteiger partial charge in [-0.05, 0) is 36.9 Å². The molecule has 1 aromatic heterocycles. The number of rotatable bonds is 12. The number of sulfonamides is 1. The van der Waals surface area contributed by atoms with Gasteiger partial charge in [0.25, 0.3) is 0 Å². The van der Waals surface area contributed by atoms with Crippen molar-refractivity contribution in [2.75, 3.05) is 47.1 Å². The van der Waals surface area contributed by atoms with E-state index in [2.05, 4.69) is 4.90 Å². The first-order valence-electron chi connectivity index (χ1n) is 14.1. The number of likely N-dealkylation sites (N-methyl/N-ethyl adjacent to an activating group) is 1. The molecule has 1 fully saturated rings. The summed E-state index contributed by atoms with van der Waals surface area (Å²) in [7, 11) is -0.188. The lowest BCUT2D eigenvalue weighted by Crippen LogP contribution is -2.35. The lowest BCUT2D eigenvalue weighted by Gasteiger charge is -2.36. The minimum Gasteiger partial charge on any atom is -0.492 e. The Morgan fingerprint density at radius 1 is 1.00 bits per heavy atom. The Morgan fingerprint density at radius 3 is 2.40 bits per heavy atom. The SMILES string of the molecule is COC1(c2cc(F)cc(OCCN(C)CCc3nc(-c4ccc(S(N)(=O)=O)cc4)c(-c4ccccc4)o3)c2)CCOCC1. The number of benzene rings is 3. The maximum absolute atomic E-state index is 14.5. The van der Waals surface area contributed by atoms with Crippen LogP contribution in [-0.2, 0) is 31.5 Å². The van der Waals surface area contributed by atoms with Crippen molar-refractivity contribution < 1.29 is 31.4 Å². The molecule has 1 aliphatic rings. The molecular weight excluding hydrogens is 573 g/mol. The highest BCUT2D eigenvalue weighted by Gasteiger charge is 2.35. The number of hydrogen-bond acceptors (Lipinski definition) is 8. The molecule has 0 atom stereocenters. The Morgan fingerprint density at radius 2 is 1.72 bits per heavy atom. The van der Waals surface area contributed by atoms with E-state index in [4.69, 9.17) is 28.8 Å². The summed E-state index contributed by atoms with van der Waals surface area (Å²) in [4.78, 5) is 6.87. The highest BCUT2D eigenvalue weighted by atomic mass is 32.2. The number of aromatic nitrogens is 1. The van der Waals surface area contributed by atoms with Gasteiger partial charge in [0.1, 0.15) is 23.9 Å². The standard InChI is InChI=1S/C32H36FN3O6S/c1-36(16-19-41-27-21-25(20-26(33)22-27)32(39-2)13-17-40-18-14-32)15-12-29-35-30(31(42-29)24-6-4-3-5-7-24)23-8-10-28(11-9-23)43(34,37)38/h3-11,20-22H,12-19H2,1-2H3,(H2,34,37,38). The van der Waals surface area contributed by atoms with Crippen LogP contribution in [0.15, 0.2) is 82.1 Å². The number of oxazole rings is 1. The van der Waals surface area contributed by atoms with Gasteiger partial charge in [-0.3, -0.25) is 0 Å². The molecule has 0 amide bonds. The Kier molecular flexibility index (Phi) is 9.58. The highest BCUT2D eigenvalue weighted by molar-refractivity contribution is 7.89. The summed E-state index contributed by atoms with van der Waals surface area (Å²) in [6, 6.07) is 20.6. The Labute approximate surface area is 251 Å². The van der Waals surface area contributed by atoms with E-state index in [-0.39, 0.29) is 10.7 Å². The van der Waals surface area contributed by atoms with Crippen LogP contribution in [0.5, 0.6) is 5.75 Å². The third-order valence-corrected chi connectivity index (χ3v) is 8.63. The van der Waals surface area contributed by atoms with Gasteiger partial charge < -0.3 is 23.5 Å². The van der Waals surface area contributed by atoms with Gasteiger partial charge in [0.05, 0.1) is 10.5 Å². The number of halogens is 1. The van der Waals surface area contributed by atoms with Gasteiger partial charge in [-0.15, -0.1) is 0 Å². The molecule has 1 saturated heterocycles. The fourth-order valence-electron chi connectivity index (χ4n) is 5.19. The molecule has 1 aliphatic heterocycles. The van der Waals surface area contributed by atoms with Gasteiger partial charge in [-0.2, -0.15) is 0 Å². The quantitative estimate of drug-likeness (QED) is 0.239. The van der Waals surface area contributed by atoms with E-state index in [0.717, 1.165) is 11.1 Å². The summed E-state index contributed by atoms with van der Waals surface area (Å²) in [6.07, 6.45) is 1.85. The largest absolute Gasteiger partial charge is 0.492 e. The summed E-state index contributed by atoms with van der Waals surface area (Å²) >= 11 is 0. The zero-order valence-electron chi connectivity index (χ0n) is 24.3. The smallest absolute Gasteiger partial charge is 0.238 e. The summed E-state index contributed by atoms with van der Waals surface area (Å²) in [6.45, 7) is 2.74. The van der Waals surface area contributed by atoms with E-state index >= 15 is 0 Å². The van der Waals surface area contributed by atoms with Crippen molar-refractivity contribution in [1.82, 2.24) is 9.88 Å². The maximum Gasteiger partial charge on any atom is 0.238 e. The fourth-order valence-corrected chi connectivity index (χ4v) is 5.71. The van der Waals surface area contributed by atoms with Gasteiger partial charge in [-0.1, -0.05) is 42.5 Å². The van der Waals surface area contributed by atoms with Crippen molar-refractivity contribution in [1.29, 1.82) is 0 Å². The average molecular weight is 610 g/mol. The highest BCUT2D eigenvalue weighted by Crippen LogP contribution is 2.37. The predicted molar refractivity (Wildman–Crippen MR) is 161 cm³/mol. The second-order valence-corrected chi connectivity index (χ2v) is 12.2. The molecular formula is C32H36FN3O6S. The first kappa shape index (κ1) is 30.8. The zero-order valence-corrected chi connectivity index (χ0v) is 25.1. The molecule has 228 valence electrons. The van der Waals surface area contributed by atoms with Crippen LogP contribution in [0.1, 0.15) is 24.3 Å². The minimum atomic E-state index is -3.80. The number of nitrogens with zero attached hydrogens (tertiary/aromatic N) is 2. The Hall–Kier alpha value is -3.61. The third kappa shape index (κ3) is 7.49. The van der Waals surface area contributed by atoms with Crippen molar-refractivity contribution in [3.8, 4) is 28.3 Å². The van der Waals surface area contributed by atoms with Crippen LogP contribution in [-0.4, -0.2) is 65.4 Å². The van der Waals surface area contributed by atoms with Crippen molar-refractivity contribution >= 4 is 10.0 Å². The van der Waals surface area contributed by atoms with Crippen LogP contribution in [0.25, 0.3) is 22.6 Å². The van der Waals surface area contributed by atoms with Crippen LogP contribution in [0.3, 0.4) is 0 Å². The Balaban J connectivity index is 1.23. The molecule has 3 aromatic carbocycles. The average Bonchev–Trinajstić information content (AvgIpc) is 3.45. The summed E-state index contributed by atoms with van der Waals surface area (Å²) in [5.74, 6) is 1.25. The van der Waals surface area contributed by atoms with E-state index in [9.17, 15) is 12.8 Å². The van der Waals surface area contributed by atoms with Crippen LogP contribution < -0.4 is 9.88 Å². The molecule has 2 heterocycles. The van der Waals surface area contributed by atoms with Crippen molar-refractivity contribution in [3.05, 3.63) is 90.1 Å². The first-order valence-corrected chi connectivity index (χ1v) is 15.7. The van der Waals surface area contributed by atoms with Gasteiger partial charge >= 0.3 is 0 Å². The summed E-state index contributed by atoms with van der Waals surface area (Å²) < 4.78 is 61.4. The monoisotopic (exact) mass is 609 g/mol. The molecule has 0 unspecified atom stereocenters. The number of hydrogen-bond donors (Lipinski definition) is 1. The summed E-state index contributed by atoms with van der Waals surface area (Å²) in [5, 5.41) is 5.26. The molecule has 4 aromatic rings. The molecule has 0 bridgehead atoms. The normalized spacial score (nSPS) is 15.1. The fraction of sp³-hybridized carbons (Fsp3) is 0.344. The number of methoxy groups -OCH3 is 1. The topological polar surface area (TPSA) is 117 Å². The molecule has 2 N–H and O–H groups in total. The first-order chi connectivity index (χ1) is 20.7. The van der Waals surface area contributed by atoms with E-state index < -0.39 is 15.6 Å². The van der Waals surface area contributed by atoms with Crippen LogP contribution >= 0.6 is 0 Å². The lowest BCUT2D eigenvalue weighted by atomic mass is 9.86. The maximum atomic E-state index is 14.5. The van der Waals surface area contributed by atoms with Gasteiger partial charge in [0.15, 0.2) is 11.7 Å². The van der Waals surface area contributed by atoms with E-state index in [1.807, 2.05) is 43.4 Å². The second kappa shape index (κ2) is 13.4. The van der Waals surface area contributed by atoms with E-state index in [1.165, 1.54) is 24.3 Å². The summed E-state index contributed by atoms with van der Waals surface area (Å²) in [5.41, 5.74) is 2.38. The lowest BCUT2D eigenvalue weighted by molar-refractivity contribution is -0.0950. The van der Waals surface area contributed by atoms with Crippen LogP contribution in [0, 0.1) is 5.82 Å². The molecule has 0 radical (unpaired) electrons. The molecule has 0 spiro atoms. The molecule has 9 nitrogen and oxygen atoms in total. The van der Waals surface area contributed by atoms with Crippen LogP contribution in [0.2, 0.25) is 0 Å². The number of nitrogens with two attached hydrogens (primary N) is 1. The van der Waals surface area contributed by atoms with Crippen molar-refractivity contribution in [2.24, 2.45) is 5.14 Å². The molecule has 0 saturated carbocycles. The number of primary sulfonamides is 1. The van der Waals surface area contributed by atoms with Gasteiger partial charge in [0.2, 0.25) is 10.0 Å². The van der Waals surface area contributed by atoms with Crippen LogP contribution in [0.4, 0.5) is 4.39 Å². The third-order valence-electron chi connectivity index (χ3n) is 7.70.